The van der Waals surface area contributed by atoms with Gasteiger partial charge in [-0.1, -0.05) is 22.9 Å². The summed E-state index contributed by atoms with van der Waals surface area (Å²) in [5, 5.41) is 0. The number of aryl methyl sites for hydroxylation is 1. The van der Waals surface area contributed by atoms with E-state index in [1.165, 1.54) is 14.2 Å². The fraction of sp³-hybridized carbons (Fsp3) is 0.556. The first-order valence-electron chi connectivity index (χ1n) is 4.95. The van der Waals surface area contributed by atoms with E-state index >= 15 is 0 Å². The van der Waals surface area contributed by atoms with Crippen molar-refractivity contribution in [2.75, 3.05) is 20.7 Å². The molecule has 0 saturated heterocycles. The Morgan fingerprint density at radius 2 is 2.17 bits per heavy atom. The molecule has 0 N–H and O–H groups in total. The molecule has 0 bridgehead atoms. The van der Waals surface area contributed by atoms with Gasteiger partial charge in [0, 0.05) is 13.6 Å². The summed E-state index contributed by atoms with van der Waals surface area (Å²) in [4.78, 5) is 14.8. The lowest BCUT2D eigenvalue weighted by Gasteiger charge is -2.15. The summed E-state index contributed by atoms with van der Waals surface area (Å²) in [6.45, 7) is 1.62. The van der Waals surface area contributed by atoms with Gasteiger partial charge in [-0.05, 0) is 6.92 Å². The van der Waals surface area contributed by atoms with E-state index in [-0.39, 0.29) is 21.6 Å². The number of thiazole rings is 1. The van der Waals surface area contributed by atoms with Gasteiger partial charge in [-0.3, -0.25) is 4.79 Å². The van der Waals surface area contributed by atoms with Crippen LogP contribution < -0.4 is 0 Å². The van der Waals surface area contributed by atoms with Gasteiger partial charge in [0.1, 0.15) is 0 Å². The largest absolute Gasteiger partial charge is 0.469 e. The first-order chi connectivity index (χ1) is 8.28. The molecule has 1 rings (SSSR count). The third kappa shape index (κ3) is 3.41. The molecule has 0 spiro atoms. The number of carbonyl (C=O) groups excluding carboxylic acids is 1. The molecule has 1 heterocycles. The van der Waals surface area contributed by atoms with Gasteiger partial charge in [0.25, 0.3) is 10.0 Å². The van der Waals surface area contributed by atoms with E-state index < -0.39 is 16.0 Å². The maximum absolute atomic E-state index is 12.2. The van der Waals surface area contributed by atoms with Gasteiger partial charge < -0.3 is 4.74 Å². The summed E-state index contributed by atoms with van der Waals surface area (Å²) in [5.74, 6) is -0.462. The minimum atomic E-state index is -3.66. The van der Waals surface area contributed by atoms with Crippen molar-refractivity contribution in [2.24, 2.45) is 0 Å². The molecule has 9 heteroatoms. The van der Waals surface area contributed by atoms with E-state index in [9.17, 15) is 13.2 Å². The molecule has 0 atom stereocenters. The molecule has 1 aromatic heterocycles. The van der Waals surface area contributed by atoms with E-state index in [0.29, 0.717) is 5.69 Å². The van der Waals surface area contributed by atoms with Crippen molar-refractivity contribution in [1.29, 1.82) is 0 Å². The number of nitrogens with zero attached hydrogens (tertiary/aromatic N) is 2. The maximum Gasteiger partial charge on any atom is 0.306 e. The molecular formula is C9H13ClN2O4S2. The standard InChI is InChI=1S/C9H13ClN2O4S2/c1-6-8(17-9(10)11-6)18(14,15)12(2)5-4-7(13)16-3/h4-5H2,1-3H3. The molecule has 0 unspecified atom stereocenters. The number of hydrogen-bond acceptors (Lipinski definition) is 6. The van der Waals surface area contributed by atoms with Crippen LogP contribution in [0, 0.1) is 6.92 Å². The molecule has 6 nitrogen and oxygen atoms in total. The van der Waals surface area contributed by atoms with Crippen LogP contribution in [0.25, 0.3) is 0 Å². The zero-order valence-corrected chi connectivity index (χ0v) is 12.5. The SMILES string of the molecule is COC(=O)CCN(C)S(=O)(=O)c1sc(Cl)nc1C. The number of halogens is 1. The fourth-order valence-electron chi connectivity index (χ4n) is 1.20. The van der Waals surface area contributed by atoms with E-state index in [1.807, 2.05) is 0 Å². The summed E-state index contributed by atoms with van der Waals surface area (Å²) < 4.78 is 30.1. The minimum absolute atomic E-state index is 0.00217. The predicted octanol–water partition coefficient (Wildman–Crippen LogP) is 1.29. The Morgan fingerprint density at radius 3 is 2.61 bits per heavy atom. The molecule has 0 aromatic carbocycles. The van der Waals surface area contributed by atoms with Crippen molar-refractivity contribution in [1.82, 2.24) is 9.29 Å². The van der Waals surface area contributed by atoms with Crippen molar-refractivity contribution < 1.29 is 17.9 Å². The van der Waals surface area contributed by atoms with Crippen molar-refractivity contribution in [3.8, 4) is 0 Å². The Morgan fingerprint density at radius 1 is 1.56 bits per heavy atom. The molecule has 0 saturated carbocycles. The van der Waals surface area contributed by atoms with Crippen LogP contribution in [0.2, 0.25) is 4.47 Å². The highest BCUT2D eigenvalue weighted by Crippen LogP contribution is 2.28. The van der Waals surface area contributed by atoms with Gasteiger partial charge in [-0.15, -0.1) is 0 Å². The number of esters is 1. The first kappa shape index (κ1) is 15.4. The van der Waals surface area contributed by atoms with Gasteiger partial charge in [0.15, 0.2) is 8.68 Å². The lowest BCUT2D eigenvalue weighted by Crippen LogP contribution is -2.29. The van der Waals surface area contributed by atoms with E-state index in [0.717, 1.165) is 15.6 Å². The monoisotopic (exact) mass is 312 g/mol. The van der Waals surface area contributed by atoms with E-state index in [1.54, 1.807) is 6.92 Å². The van der Waals surface area contributed by atoms with Crippen LogP contribution in [0.4, 0.5) is 0 Å². The topological polar surface area (TPSA) is 76.6 Å². The zero-order valence-electron chi connectivity index (χ0n) is 10.1. The third-order valence-electron chi connectivity index (χ3n) is 2.23. The van der Waals surface area contributed by atoms with Crippen molar-refractivity contribution in [2.45, 2.75) is 17.6 Å². The molecule has 0 aliphatic rings. The second kappa shape index (κ2) is 5.96. The average molecular weight is 313 g/mol. The maximum atomic E-state index is 12.2. The van der Waals surface area contributed by atoms with Crippen molar-refractivity contribution in [3.05, 3.63) is 10.2 Å². The van der Waals surface area contributed by atoms with Crippen molar-refractivity contribution in [3.63, 3.8) is 0 Å². The second-order valence-corrected chi connectivity index (χ2v) is 7.31. The summed E-state index contributed by atoms with van der Waals surface area (Å²) in [5.41, 5.74) is 0.356. The number of carbonyl (C=O) groups is 1. The highest BCUT2D eigenvalue weighted by Gasteiger charge is 2.26. The summed E-state index contributed by atoms with van der Waals surface area (Å²) in [6, 6.07) is 0. The van der Waals surface area contributed by atoms with Gasteiger partial charge in [-0.2, -0.15) is 4.31 Å². The molecule has 18 heavy (non-hydrogen) atoms. The van der Waals surface area contributed by atoms with Gasteiger partial charge in [0.05, 0.1) is 19.2 Å². The number of rotatable bonds is 5. The number of hydrogen-bond donors (Lipinski definition) is 0. The molecular weight excluding hydrogens is 300 g/mol. The van der Waals surface area contributed by atoms with E-state index in [2.05, 4.69) is 9.72 Å². The molecule has 0 radical (unpaired) electrons. The molecule has 0 aliphatic heterocycles. The number of methoxy groups -OCH3 is 1. The minimum Gasteiger partial charge on any atom is -0.469 e. The first-order valence-corrected chi connectivity index (χ1v) is 7.58. The number of aromatic nitrogens is 1. The predicted molar refractivity (Wildman–Crippen MR) is 68.3 cm³/mol. The van der Waals surface area contributed by atoms with Gasteiger partial charge >= 0.3 is 5.97 Å². The highest BCUT2D eigenvalue weighted by atomic mass is 35.5. The normalized spacial score (nSPS) is 11.8. The smallest absolute Gasteiger partial charge is 0.306 e. The van der Waals surface area contributed by atoms with Crippen LogP contribution in [0.1, 0.15) is 12.1 Å². The Hall–Kier alpha value is -0.700. The van der Waals surface area contributed by atoms with Crippen LogP contribution in [-0.4, -0.2) is 44.4 Å². The summed E-state index contributed by atoms with van der Waals surface area (Å²) >= 11 is 6.57. The zero-order chi connectivity index (χ0) is 13.9. The highest BCUT2D eigenvalue weighted by molar-refractivity contribution is 7.91. The van der Waals surface area contributed by atoms with Gasteiger partial charge in [-0.25, -0.2) is 13.4 Å². The Balaban J connectivity index is 2.87. The summed E-state index contributed by atoms with van der Waals surface area (Å²) in [7, 11) is -1.01. The molecule has 0 fully saturated rings. The lowest BCUT2D eigenvalue weighted by atomic mass is 10.4. The van der Waals surface area contributed by atoms with Gasteiger partial charge in [0.2, 0.25) is 0 Å². The quantitative estimate of drug-likeness (QED) is 0.766. The Kier molecular flexibility index (Phi) is 5.09. The Bertz CT molecular complexity index is 541. The van der Waals surface area contributed by atoms with Crippen LogP contribution >= 0.6 is 22.9 Å². The molecule has 0 amide bonds. The van der Waals surface area contributed by atoms with E-state index in [4.69, 9.17) is 11.6 Å². The molecule has 1 aromatic rings. The van der Waals surface area contributed by atoms with Crippen LogP contribution in [-0.2, 0) is 19.6 Å². The molecule has 102 valence electrons. The third-order valence-corrected chi connectivity index (χ3v) is 5.94. The molecule has 0 aliphatic carbocycles. The fourth-order valence-corrected chi connectivity index (χ4v) is 4.30. The van der Waals surface area contributed by atoms with Crippen LogP contribution in [0.3, 0.4) is 0 Å². The number of sulfonamides is 1. The number of ether oxygens (including phenoxy) is 1. The average Bonchev–Trinajstić information content (AvgIpc) is 2.65. The summed E-state index contributed by atoms with van der Waals surface area (Å²) in [6.07, 6.45) is -0.00217. The van der Waals surface area contributed by atoms with Crippen molar-refractivity contribution >= 4 is 38.9 Å². The Labute approximate surface area is 115 Å². The van der Waals surface area contributed by atoms with Crippen LogP contribution in [0.5, 0.6) is 0 Å². The second-order valence-electron chi connectivity index (χ2n) is 3.49. The van der Waals surface area contributed by atoms with Crippen LogP contribution in [0.15, 0.2) is 4.21 Å². The lowest BCUT2D eigenvalue weighted by molar-refractivity contribution is -0.140.